The summed E-state index contributed by atoms with van der Waals surface area (Å²) in [4.78, 5) is 36.0. The Balaban J connectivity index is 5.20. The Hall–Kier alpha value is -4.69. The molecule has 14 N–H and O–H groups in total. The van der Waals surface area contributed by atoms with Crippen LogP contribution in [0.1, 0.15) is 221 Å². The van der Waals surface area contributed by atoms with Crippen LogP contribution in [0.3, 0.4) is 0 Å². The molecule has 15 heteroatoms. The summed E-state index contributed by atoms with van der Waals surface area (Å²) < 4.78 is 0. The fraction of sp³-hybridized carbons (Fsp3) is 0.772. The van der Waals surface area contributed by atoms with Crippen LogP contribution < -0.4 is 45.0 Å². The van der Waals surface area contributed by atoms with Crippen molar-refractivity contribution >= 4 is 29.9 Å². The number of nitrogens with zero attached hydrogens (tertiary/aromatic N) is 6. The van der Waals surface area contributed by atoms with Gasteiger partial charge in [-0.1, -0.05) is 149 Å². The summed E-state index contributed by atoms with van der Waals surface area (Å²) in [6, 6.07) is 0.226. The lowest BCUT2D eigenvalue weighted by Crippen LogP contribution is -2.45. The highest BCUT2D eigenvalue weighted by molar-refractivity contribution is 5.78. The number of carbonyl (C=O) groups is 1. The Morgan fingerprint density at radius 3 is 0.986 bits per heavy atom. The van der Waals surface area contributed by atoms with E-state index in [1.54, 1.807) is 0 Å². The Morgan fingerprint density at radius 2 is 0.681 bits per heavy atom. The molecule has 0 aromatic rings. The summed E-state index contributed by atoms with van der Waals surface area (Å²) in [7, 11) is 0. The monoisotopic (exact) mass is 1010 g/mol. The number of hydrogen-bond acceptors (Lipinski definition) is 5. The molecule has 0 aliphatic heterocycles. The van der Waals surface area contributed by atoms with Crippen molar-refractivity contribution in [3.63, 3.8) is 0 Å². The summed E-state index contributed by atoms with van der Waals surface area (Å²) >= 11 is 0. The first-order chi connectivity index (χ1) is 34.7. The molecule has 0 atom stereocenters. The predicted octanol–water partition coefficient (Wildman–Crippen LogP) is 10.8. The number of unbranched alkanes of at least 4 members (excludes halogenated alkanes) is 20. The van der Waals surface area contributed by atoms with Crippen LogP contribution in [0.2, 0.25) is 0 Å². The maximum atomic E-state index is 14.5. The molecule has 416 valence electrons. The lowest BCUT2D eigenvalue weighted by molar-refractivity contribution is 0.148. The molecule has 0 aliphatic carbocycles. The number of aliphatic imine (C=N–C) groups is 4. The minimum atomic E-state index is 0.164. The summed E-state index contributed by atoms with van der Waals surface area (Å²) in [5, 5.41) is 6.57. The molecule has 0 aliphatic rings. The lowest BCUT2D eigenvalue weighted by Gasteiger charge is -2.31. The molecule has 0 saturated heterocycles. The van der Waals surface area contributed by atoms with E-state index in [0.29, 0.717) is 38.1 Å². The molecular formula is C57H112N14O. The number of nitrogens with one attached hydrogen (secondary N) is 2. The first-order valence-electron chi connectivity index (χ1n) is 28.5. The molecular weight excluding hydrogens is 897 g/mol. The van der Waals surface area contributed by atoms with Gasteiger partial charge >= 0.3 is 6.03 Å². The number of carbonyl (C=O) groups excluding carboxylic acids is 1. The van der Waals surface area contributed by atoms with Gasteiger partial charge < -0.3 is 54.8 Å². The molecule has 0 saturated carbocycles. The number of guanidine groups is 4. The molecule has 2 amide bonds. The van der Waals surface area contributed by atoms with Gasteiger partial charge in [-0.15, -0.1) is 0 Å². The van der Waals surface area contributed by atoms with Crippen LogP contribution in [-0.4, -0.2) is 105 Å². The van der Waals surface area contributed by atoms with E-state index in [1.165, 1.54) is 48.0 Å². The van der Waals surface area contributed by atoms with Crippen molar-refractivity contribution in [1.82, 2.24) is 20.4 Å². The minimum absolute atomic E-state index is 0.164. The summed E-state index contributed by atoms with van der Waals surface area (Å²) in [5.74, 6) is 1.37. The van der Waals surface area contributed by atoms with Gasteiger partial charge in [0, 0.05) is 52.4 Å². The molecule has 0 bridgehead atoms. The molecule has 15 nitrogen and oxygen atoms in total. The van der Waals surface area contributed by atoms with E-state index < -0.39 is 0 Å². The number of urea groups is 1. The topological polar surface area (TPSA) is 253 Å². The number of amides is 2. The maximum Gasteiger partial charge on any atom is 0.319 e. The van der Waals surface area contributed by atoms with Crippen LogP contribution in [0, 0.1) is 0 Å². The van der Waals surface area contributed by atoms with E-state index >= 15 is 0 Å². The van der Waals surface area contributed by atoms with Crippen LogP contribution in [0.25, 0.3) is 0 Å². The van der Waals surface area contributed by atoms with Crippen LogP contribution in [-0.2, 0) is 0 Å². The summed E-state index contributed by atoms with van der Waals surface area (Å²) in [5.41, 5.74) is 39.6. The van der Waals surface area contributed by atoms with Gasteiger partial charge in [0.05, 0.1) is 13.1 Å². The van der Waals surface area contributed by atoms with Crippen LogP contribution in [0.5, 0.6) is 0 Å². The molecule has 0 aromatic heterocycles. The maximum absolute atomic E-state index is 14.5. The van der Waals surface area contributed by atoms with E-state index in [1.807, 2.05) is 0 Å². The third-order valence-electron chi connectivity index (χ3n) is 12.7. The Kier molecular flexibility index (Phi) is 45.4. The molecule has 0 fully saturated rings. The van der Waals surface area contributed by atoms with Crippen LogP contribution >= 0.6 is 0 Å². The van der Waals surface area contributed by atoms with Crippen molar-refractivity contribution in [3.8, 4) is 0 Å². The van der Waals surface area contributed by atoms with E-state index in [-0.39, 0.29) is 18.0 Å². The van der Waals surface area contributed by atoms with E-state index in [9.17, 15) is 4.79 Å². The molecule has 0 aromatic carbocycles. The van der Waals surface area contributed by atoms with Gasteiger partial charge in [0.1, 0.15) is 0 Å². The number of rotatable bonds is 46. The standard InChI is InChI=1S/C57H112N14O/c1-49(2)33-31-35-51(5)37-43-68-55(62)66-41-25-17-9-13-21-29-47-70(45-27-19-11-7-15-23-39-64-53(58)59)57(72)71(46-28-20-12-8-16-24-40-65-54(60)61)48-30-22-14-10-18-26-42-67-56(63)69-44-38-52(6)36-32-34-50(3)4/h33-34,37-38H,7-32,35-36,39-48H2,1-6H3,(H4,58,59,64)(H4,60,61,65)(H3,62,66,68)(H3,63,67,69)/b51-37+,52-38+. The van der Waals surface area contributed by atoms with Gasteiger partial charge in [0.2, 0.25) is 0 Å². The molecule has 0 radical (unpaired) electrons. The van der Waals surface area contributed by atoms with E-state index in [2.05, 4.69) is 106 Å². The summed E-state index contributed by atoms with van der Waals surface area (Å²) in [6.45, 7) is 20.4. The second-order valence-electron chi connectivity index (χ2n) is 20.4. The van der Waals surface area contributed by atoms with Crippen molar-refractivity contribution < 1.29 is 4.79 Å². The van der Waals surface area contributed by atoms with Gasteiger partial charge in [-0.3, -0.25) is 9.98 Å². The average molecular weight is 1010 g/mol. The van der Waals surface area contributed by atoms with Crippen molar-refractivity contribution in [3.05, 3.63) is 46.6 Å². The minimum Gasteiger partial charge on any atom is -0.370 e. The molecule has 0 spiro atoms. The second kappa shape index (κ2) is 48.6. The number of hydrogen-bond donors (Lipinski definition) is 8. The smallest absolute Gasteiger partial charge is 0.319 e. The number of allylic oxidation sites excluding steroid dienone is 6. The highest BCUT2D eigenvalue weighted by Gasteiger charge is 2.20. The highest BCUT2D eigenvalue weighted by Crippen LogP contribution is 2.15. The van der Waals surface area contributed by atoms with Crippen molar-refractivity contribution in [1.29, 1.82) is 0 Å². The fourth-order valence-electron chi connectivity index (χ4n) is 8.26. The molecule has 72 heavy (non-hydrogen) atoms. The zero-order chi connectivity index (χ0) is 53.3. The van der Waals surface area contributed by atoms with E-state index in [0.717, 1.165) is 193 Å². The molecule has 0 unspecified atom stereocenters. The van der Waals surface area contributed by atoms with E-state index in [4.69, 9.17) is 34.4 Å². The second-order valence-corrected chi connectivity index (χ2v) is 20.4. The third-order valence-corrected chi connectivity index (χ3v) is 12.7. The Morgan fingerprint density at radius 1 is 0.389 bits per heavy atom. The highest BCUT2D eigenvalue weighted by atomic mass is 16.2. The van der Waals surface area contributed by atoms with Gasteiger partial charge in [-0.05, 0) is 119 Å². The zero-order valence-corrected chi connectivity index (χ0v) is 47.2. The van der Waals surface area contributed by atoms with Crippen LogP contribution in [0.15, 0.2) is 66.6 Å². The van der Waals surface area contributed by atoms with Crippen molar-refractivity contribution in [2.45, 2.75) is 221 Å². The Labute approximate surface area is 441 Å². The zero-order valence-electron chi connectivity index (χ0n) is 47.2. The van der Waals surface area contributed by atoms with Crippen molar-refractivity contribution in [2.75, 3.05) is 65.4 Å². The average Bonchev–Trinajstić information content (AvgIpc) is 3.32. The van der Waals surface area contributed by atoms with Gasteiger partial charge in [-0.2, -0.15) is 0 Å². The van der Waals surface area contributed by atoms with Crippen molar-refractivity contribution in [2.24, 2.45) is 54.4 Å². The lowest BCUT2D eigenvalue weighted by atomic mass is 10.1. The third kappa shape index (κ3) is 47.6. The SMILES string of the molecule is CC(C)=CCC/C(C)=C/CN=C(N)NCCCCCCCCN(CCCCCCCCN=C(N)N)C(=O)N(CCCCCCCCN=C(N)N)CCCCCCCCNC(N)=NC/C=C(\C)CCC=C(C)C. The van der Waals surface area contributed by atoms with Crippen LogP contribution in [0.4, 0.5) is 4.79 Å². The fourth-order valence-corrected chi connectivity index (χ4v) is 8.26. The number of nitrogens with two attached hydrogens (primary N) is 6. The largest absolute Gasteiger partial charge is 0.370 e. The molecule has 0 rings (SSSR count). The Bertz CT molecular complexity index is 1470. The molecule has 0 heterocycles. The van der Waals surface area contributed by atoms with Gasteiger partial charge in [0.25, 0.3) is 0 Å². The van der Waals surface area contributed by atoms with Gasteiger partial charge in [0.15, 0.2) is 23.8 Å². The summed E-state index contributed by atoms with van der Waals surface area (Å²) in [6.07, 6.45) is 39.7. The quantitative estimate of drug-likeness (QED) is 0.0125. The predicted molar refractivity (Wildman–Crippen MR) is 315 cm³/mol. The van der Waals surface area contributed by atoms with Gasteiger partial charge in [-0.25, -0.2) is 14.8 Å². The first kappa shape index (κ1) is 67.3. The normalized spacial score (nSPS) is 12.1. The first-order valence-corrected chi connectivity index (χ1v) is 28.5.